The van der Waals surface area contributed by atoms with Crippen LogP contribution in [0.3, 0.4) is 0 Å². The Labute approximate surface area is 188 Å². The Morgan fingerprint density at radius 3 is 2.66 bits per heavy atom. The highest BCUT2D eigenvalue weighted by Gasteiger charge is 2.44. The fourth-order valence-electron chi connectivity index (χ4n) is 5.52. The Balaban J connectivity index is 1.33. The number of amides is 1. The summed E-state index contributed by atoms with van der Waals surface area (Å²) in [4.78, 5) is 22.8. The van der Waals surface area contributed by atoms with Crippen molar-refractivity contribution in [3.63, 3.8) is 0 Å². The van der Waals surface area contributed by atoms with E-state index < -0.39 is 0 Å². The molecule has 3 fully saturated rings. The second-order valence-electron chi connectivity index (χ2n) is 9.42. The molecule has 32 heavy (non-hydrogen) atoms. The summed E-state index contributed by atoms with van der Waals surface area (Å²) in [5.74, 6) is 1.09. The van der Waals surface area contributed by atoms with E-state index in [0.717, 1.165) is 93.5 Å². The van der Waals surface area contributed by atoms with Crippen LogP contribution in [0, 0.1) is 5.92 Å². The molecule has 1 spiro atoms. The molecular formula is C25H30N4O3. The molecule has 3 aliphatic heterocycles. The van der Waals surface area contributed by atoms with Gasteiger partial charge in [0, 0.05) is 36.5 Å². The number of nitrogens with one attached hydrogen (secondary N) is 1. The number of benzene rings is 1. The van der Waals surface area contributed by atoms with Gasteiger partial charge in [0.1, 0.15) is 5.82 Å². The Morgan fingerprint density at radius 2 is 1.91 bits per heavy atom. The average molecular weight is 435 g/mol. The number of hydrogen-bond acceptors (Lipinski definition) is 6. The highest BCUT2D eigenvalue weighted by molar-refractivity contribution is 6.00. The fraction of sp³-hybridized carbons (Fsp3) is 0.520. The number of anilines is 4. The largest absolute Gasteiger partial charge is 0.378 e. The van der Waals surface area contributed by atoms with Gasteiger partial charge in [-0.25, -0.2) is 4.98 Å². The van der Waals surface area contributed by atoms with E-state index in [1.165, 1.54) is 0 Å². The van der Waals surface area contributed by atoms with Gasteiger partial charge in [0.2, 0.25) is 5.91 Å². The van der Waals surface area contributed by atoms with Crippen molar-refractivity contribution >= 4 is 28.8 Å². The van der Waals surface area contributed by atoms with Gasteiger partial charge < -0.3 is 24.6 Å². The standard InChI is InChI=1S/C25H30N4O3/c30-24(18-5-7-25(8-6-18)9-13-32-25)29-17-19-2-1-10-26-23(19)27-21-4-3-20(16-22(21)29)28-11-14-31-15-12-28/h1-4,10,16,18H,5-9,11-15,17H2,(H,26,27). The van der Waals surface area contributed by atoms with E-state index in [9.17, 15) is 4.79 Å². The summed E-state index contributed by atoms with van der Waals surface area (Å²) in [6.45, 7) is 4.61. The summed E-state index contributed by atoms with van der Waals surface area (Å²) in [6, 6.07) is 10.4. The van der Waals surface area contributed by atoms with Gasteiger partial charge in [-0.2, -0.15) is 0 Å². The molecule has 1 amide bonds. The first-order valence-electron chi connectivity index (χ1n) is 11.8. The lowest BCUT2D eigenvalue weighted by Gasteiger charge is -2.46. The van der Waals surface area contributed by atoms with Crippen molar-refractivity contribution in [2.24, 2.45) is 5.92 Å². The number of nitrogens with zero attached hydrogens (tertiary/aromatic N) is 3. The summed E-state index contributed by atoms with van der Waals surface area (Å²) in [7, 11) is 0. The fourth-order valence-corrected chi connectivity index (χ4v) is 5.52. The van der Waals surface area contributed by atoms with Crippen LogP contribution in [0.5, 0.6) is 0 Å². The molecule has 4 aliphatic rings. The van der Waals surface area contributed by atoms with Gasteiger partial charge in [0.15, 0.2) is 0 Å². The summed E-state index contributed by atoms with van der Waals surface area (Å²) in [5.41, 5.74) is 4.12. The molecule has 1 aromatic heterocycles. The maximum atomic E-state index is 13.9. The molecule has 0 unspecified atom stereocenters. The SMILES string of the molecule is O=C(C1CCC2(CCO2)CC1)N1Cc2cccnc2Nc2ccc(N3CCOCC3)cc21. The molecule has 4 heterocycles. The molecule has 2 aromatic rings. The molecule has 2 saturated heterocycles. The average Bonchev–Trinajstić information content (AvgIpc) is 2.99. The zero-order valence-electron chi connectivity index (χ0n) is 18.4. The molecule has 168 valence electrons. The smallest absolute Gasteiger partial charge is 0.230 e. The lowest BCUT2D eigenvalue weighted by Crippen LogP contribution is -2.48. The van der Waals surface area contributed by atoms with Gasteiger partial charge in [-0.15, -0.1) is 0 Å². The molecule has 0 radical (unpaired) electrons. The highest BCUT2D eigenvalue weighted by atomic mass is 16.5. The van der Waals surface area contributed by atoms with E-state index in [4.69, 9.17) is 9.47 Å². The molecule has 1 saturated carbocycles. The molecule has 7 heteroatoms. The van der Waals surface area contributed by atoms with E-state index >= 15 is 0 Å². The van der Waals surface area contributed by atoms with Gasteiger partial charge in [-0.1, -0.05) is 6.07 Å². The van der Waals surface area contributed by atoms with Gasteiger partial charge in [-0.3, -0.25) is 4.79 Å². The minimum atomic E-state index is 0.0444. The second-order valence-corrected chi connectivity index (χ2v) is 9.42. The van der Waals surface area contributed by atoms with Crippen molar-refractivity contribution in [1.82, 2.24) is 4.98 Å². The van der Waals surface area contributed by atoms with Crippen LogP contribution in [-0.2, 0) is 20.8 Å². The van der Waals surface area contributed by atoms with E-state index in [1.54, 1.807) is 6.20 Å². The van der Waals surface area contributed by atoms with E-state index in [2.05, 4.69) is 39.5 Å². The van der Waals surface area contributed by atoms with Crippen molar-refractivity contribution in [1.29, 1.82) is 0 Å². The van der Waals surface area contributed by atoms with Crippen LogP contribution < -0.4 is 15.1 Å². The Bertz CT molecular complexity index is 1010. The number of rotatable bonds is 2. The first kappa shape index (κ1) is 20.0. The number of pyridine rings is 1. The minimum absolute atomic E-state index is 0.0444. The molecule has 6 rings (SSSR count). The van der Waals surface area contributed by atoms with Crippen molar-refractivity contribution in [2.75, 3.05) is 48.0 Å². The summed E-state index contributed by atoms with van der Waals surface area (Å²) in [6.07, 6.45) is 6.74. The number of ether oxygens (including phenoxy) is 2. The van der Waals surface area contributed by atoms with Gasteiger partial charge >= 0.3 is 0 Å². The molecule has 1 aliphatic carbocycles. The Hall–Kier alpha value is -2.64. The summed E-state index contributed by atoms with van der Waals surface area (Å²) < 4.78 is 11.4. The predicted octanol–water partition coefficient (Wildman–Crippen LogP) is 3.86. The minimum Gasteiger partial charge on any atom is -0.378 e. The van der Waals surface area contributed by atoms with Crippen LogP contribution in [0.15, 0.2) is 36.5 Å². The predicted molar refractivity (Wildman–Crippen MR) is 123 cm³/mol. The quantitative estimate of drug-likeness (QED) is 0.774. The molecule has 0 bridgehead atoms. The first-order chi connectivity index (χ1) is 15.7. The first-order valence-corrected chi connectivity index (χ1v) is 11.8. The topological polar surface area (TPSA) is 66.9 Å². The van der Waals surface area contributed by atoms with Crippen molar-refractivity contribution in [3.8, 4) is 0 Å². The zero-order valence-corrected chi connectivity index (χ0v) is 18.4. The van der Waals surface area contributed by atoms with Crippen molar-refractivity contribution in [3.05, 3.63) is 42.1 Å². The zero-order chi connectivity index (χ0) is 21.5. The number of fused-ring (bicyclic) bond motifs is 2. The van der Waals surface area contributed by atoms with Gasteiger partial charge in [-0.05, 0) is 56.4 Å². The van der Waals surface area contributed by atoms with E-state index in [1.807, 2.05) is 11.0 Å². The molecule has 1 aromatic carbocycles. The molecule has 0 atom stereocenters. The van der Waals surface area contributed by atoms with Crippen LogP contribution in [-0.4, -0.2) is 49.4 Å². The maximum absolute atomic E-state index is 13.9. The lowest BCUT2D eigenvalue weighted by molar-refractivity contribution is -0.171. The number of carbonyl (C=O) groups is 1. The number of aromatic nitrogens is 1. The highest BCUT2D eigenvalue weighted by Crippen LogP contribution is 2.44. The van der Waals surface area contributed by atoms with Gasteiger partial charge in [0.05, 0.1) is 43.3 Å². The summed E-state index contributed by atoms with van der Waals surface area (Å²) in [5, 5.41) is 3.48. The lowest BCUT2D eigenvalue weighted by atomic mass is 9.74. The van der Waals surface area contributed by atoms with Crippen molar-refractivity contribution < 1.29 is 14.3 Å². The van der Waals surface area contributed by atoms with Crippen molar-refractivity contribution in [2.45, 2.75) is 44.2 Å². The van der Waals surface area contributed by atoms with Crippen LogP contribution in [0.1, 0.15) is 37.7 Å². The Morgan fingerprint density at radius 1 is 1.09 bits per heavy atom. The van der Waals surface area contributed by atoms with E-state index in [-0.39, 0.29) is 17.4 Å². The van der Waals surface area contributed by atoms with E-state index in [0.29, 0.717) is 6.54 Å². The second kappa shape index (κ2) is 8.05. The third kappa shape index (κ3) is 3.53. The summed E-state index contributed by atoms with van der Waals surface area (Å²) >= 11 is 0. The van der Waals surface area contributed by atoms with Crippen LogP contribution in [0.2, 0.25) is 0 Å². The third-order valence-electron chi connectivity index (χ3n) is 7.60. The molecule has 7 nitrogen and oxygen atoms in total. The molecular weight excluding hydrogens is 404 g/mol. The normalized spacial score (nSPS) is 27.1. The molecule has 1 N–H and O–H groups in total. The number of hydrogen-bond donors (Lipinski definition) is 1. The van der Waals surface area contributed by atoms with Crippen LogP contribution in [0.4, 0.5) is 22.9 Å². The third-order valence-corrected chi connectivity index (χ3v) is 7.60. The Kier molecular flexibility index (Phi) is 5.03. The number of carbonyl (C=O) groups excluding carboxylic acids is 1. The number of morpholine rings is 1. The van der Waals surface area contributed by atoms with Crippen LogP contribution >= 0.6 is 0 Å². The maximum Gasteiger partial charge on any atom is 0.230 e. The van der Waals surface area contributed by atoms with Crippen LogP contribution in [0.25, 0.3) is 0 Å². The van der Waals surface area contributed by atoms with Gasteiger partial charge in [0.25, 0.3) is 0 Å². The monoisotopic (exact) mass is 434 g/mol.